The summed E-state index contributed by atoms with van der Waals surface area (Å²) < 4.78 is 0.673. The second kappa shape index (κ2) is 15.7. The number of aromatic amines is 1. The number of aliphatic carboxylic acids is 1. The number of amides is 4. The van der Waals surface area contributed by atoms with E-state index in [0.29, 0.717) is 16.8 Å². The lowest BCUT2D eigenvalue weighted by Gasteiger charge is -2.39. The van der Waals surface area contributed by atoms with Crippen molar-refractivity contribution >= 4 is 62.4 Å². The summed E-state index contributed by atoms with van der Waals surface area (Å²) in [5, 5.41) is 19.0. The van der Waals surface area contributed by atoms with Gasteiger partial charge < -0.3 is 30.9 Å². The summed E-state index contributed by atoms with van der Waals surface area (Å²) >= 11 is 4.96. The smallest absolute Gasteiger partial charge is 0.327 e. The normalized spacial score (nSPS) is 19.3. The number of benzene rings is 1. The molecule has 5 N–H and O–H groups in total. The number of hydrogen-bond acceptors (Lipinski definition) is 5. The van der Waals surface area contributed by atoms with Crippen LogP contribution in [0.3, 0.4) is 0 Å². The van der Waals surface area contributed by atoms with Crippen LogP contribution in [0.4, 0.5) is 4.79 Å². The first-order valence-electron chi connectivity index (χ1n) is 14.7. The number of urea groups is 1. The van der Waals surface area contributed by atoms with E-state index in [9.17, 15) is 24.3 Å². The molecule has 1 aliphatic rings. The lowest BCUT2D eigenvalue weighted by molar-refractivity contribution is -0.141. The maximum Gasteiger partial charge on any atom is 0.327 e. The molecular formula is C30H44BrN5O5S. The van der Waals surface area contributed by atoms with Crippen LogP contribution in [0.1, 0.15) is 65.9 Å². The SMILES string of the molecule is CCSCC(NC(=O)[C@@H](Cc1c(Br)[nH]c2ccccc12)NC(=O)C(CC(C)C)NC(=O)N1[C@H](C)CCC[C@@H]1C)C(=O)O. The molecule has 12 heteroatoms. The van der Waals surface area contributed by atoms with Crippen LogP contribution in [0.25, 0.3) is 10.9 Å². The molecule has 2 unspecified atom stereocenters. The van der Waals surface area contributed by atoms with E-state index in [2.05, 4.69) is 36.9 Å². The van der Waals surface area contributed by atoms with Crippen molar-refractivity contribution in [2.75, 3.05) is 11.5 Å². The molecule has 4 amide bonds. The fourth-order valence-electron chi connectivity index (χ4n) is 5.48. The minimum Gasteiger partial charge on any atom is -0.480 e. The van der Waals surface area contributed by atoms with E-state index < -0.39 is 35.9 Å². The van der Waals surface area contributed by atoms with Crippen LogP contribution in [0.15, 0.2) is 28.9 Å². The maximum absolute atomic E-state index is 13.8. The number of halogens is 1. The number of likely N-dealkylation sites (tertiary alicyclic amines) is 1. The summed E-state index contributed by atoms with van der Waals surface area (Å²) in [6.45, 7) is 9.88. The Morgan fingerprint density at radius 3 is 2.26 bits per heavy atom. The quantitative estimate of drug-likeness (QED) is 0.210. The van der Waals surface area contributed by atoms with Gasteiger partial charge in [0.2, 0.25) is 11.8 Å². The van der Waals surface area contributed by atoms with Crippen LogP contribution in [-0.4, -0.2) is 80.5 Å². The highest BCUT2D eigenvalue weighted by Crippen LogP contribution is 2.28. The zero-order valence-electron chi connectivity index (χ0n) is 25.0. The number of para-hydroxylation sites is 1. The fraction of sp³-hybridized carbons (Fsp3) is 0.600. The Bertz CT molecular complexity index is 1240. The van der Waals surface area contributed by atoms with Crippen molar-refractivity contribution in [3.63, 3.8) is 0 Å². The number of nitrogens with one attached hydrogen (secondary N) is 4. The van der Waals surface area contributed by atoms with E-state index in [0.717, 1.165) is 35.7 Å². The van der Waals surface area contributed by atoms with Gasteiger partial charge in [0.1, 0.15) is 18.1 Å². The van der Waals surface area contributed by atoms with Crippen molar-refractivity contribution in [1.82, 2.24) is 25.8 Å². The molecular weight excluding hydrogens is 622 g/mol. The van der Waals surface area contributed by atoms with Crippen LogP contribution in [0.2, 0.25) is 0 Å². The number of fused-ring (bicyclic) bond motifs is 1. The molecule has 0 saturated carbocycles. The monoisotopic (exact) mass is 665 g/mol. The molecule has 0 radical (unpaired) electrons. The van der Waals surface area contributed by atoms with E-state index in [4.69, 9.17) is 0 Å². The van der Waals surface area contributed by atoms with Gasteiger partial charge in [0.15, 0.2) is 0 Å². The maximum atomic E-state index is 13.8. The Kier molecular flexibility index (Phi) is 12.6. The largest absolute Gasteiger partial charge is 0.480 e. The van der Waals surface area contributed by atoms with Crippen LogP contribution in [0.5, 0.6) is 0 Å². The molecule has 1 aromatic carbocycles. The van der Waals surface area contributed by atoms with Crippen molar-refractivity contribution in [3.05, 3.63) is 34.4 Å². The van der Waals surface area contributed by atoms with Crippen molar-refractivity contribution in [2.24, 2.45) is 5.92 Å². The van der Waals surface area contributed by atoms with Crippen LogP contribution >= 0.6 is 27.7 Å². The molecule has 42 heavy (non-hydrogen) atoms. The number of piperidine rings is 1. The summed E-state index contributed by atoms with van der Waals surface area (Å²) in [6, 6.07) is 4.38. The van der Waals surface area contributed by atoms with Gasteiger partial charge in [-0.3, -0.25) is 9.59 Å². The topological polar surface area (TPSA) is 144 Å². The molecule has 5 atom stereocenters. The molecule has 1 saturated heterocycles. The molecule has 0 spiro atoms. The van der Waals surface area contributed by atoms with E-state index >= 15 is 0 Å². The van der Waals surface area contributed by atoms with Gasteiger partial charge >= 0.3 is 12.0 Å². The Morgan fingerprint density at radius 1 is 1.02 bits per heavy atom. The Hall–Kier alpha value is -2.73. The Morgan fingerprint density at radius 2 is 1.64 bits per heavy atom. The van der Waals surface area contributed by atoms with Crippen molar-refractivity contribution in [3.8, 4) is 0 Å². The average Bonchev–Trinajstić information content (AvgIpc) is 3.24. The molecule has 0 bridgehead atoms. The van der Waals surface area contributed by atoms with E-state index in [-0.39, 0.29) is 36.2 Å². The molecule has 2 aromatic rings. The minimum absolute atomic E-state index is 0.0585. The van der Waals surface area contributed by atoms with Gasteiger partial charge in [-0.05, 0) is 78.8 Å². The first kappa shape index (κ1) is 33.8. The van der Waals surface area contributed by atoms with Crippen molar-refractivity contribution in [1.29, 1.82) is 0 Å². The molecule has 1 aliphatic heterocycles. The molecule has 2 heterocycles. The highest BCUT2D eigenvalue weighted by molar-refractivity contribution is 9.10. The summed E-state index contributed by atoms with van der Waals surface area (Å²) in [7, 11) is 0. The zero-order valence-corrected chi connectivity index (χ0v) is 27.4. The highest BCUT2D eigenvalue weighted by Gasteiger charge is 2.34. The second-order valence-electron chi connectivity index (χ2n) is 11.5. The number of carbonyl (C=O) groups is 4. The van der Waals surface area contributed by atoms with Crippen LogP contribution in [0, 0.1) is 5.92 Å². The number of H-pyrrole nitrogens is 1. The number of carbonyl (C=O) groups excluding carboxylic acids is 3. The number of aromatic nitrogens is 1. The predicted octanol–water partition coefficient (Wildman–Crippen LogP) is 4.67. The molecule has 3 rings (SSSR count). The molecule has 1 fully saturated rings. The van der Waals surface area contributed by atoms with Crippen molar-refractivity contribution < 1.29 is 24.3 Å². The number of nitrogens with zero attached hydrogens (tertiary/aromatic N) is 1. The minimum atomic E-state index is -1.14. The third-order valence-corrected chi connectivity index (χ3v) is 9.31. The summed E-state index contributed by atoms with van der Waals surface area (Å²) in [5.74, 6) is -1.23. The Balaban J connectivity index is 1.88. The molecule has 0 aliphatic carbocycles. The van der Waals surface area contributed by atoms with E-state index in [1.54, 1.807) is 4.90 Å². The number of carboxylic acids is 1. The van der Waals surface area contributed by atoms with Gasteiger partial charge in [0.05, 0.1) is 4.60 Å². The molecule has 232 valence electrons. The van der Waals surface area contributed by atoms with E-state index in [1.165, 1.54) is 11.8 Å². The van der Waals surface area contributed by atoms with Crippen LogP contribution < -0.4 is 16.0 Å². The first-order valence-corrected chi connectivity index (χ1v) is 16.6. The zero-order chi connectivity index (χ0) is 31.0. The van der Waals surface area contributed by atoms with Gasteiger partial charge in [0, 0.05) is 35.2 Å². The number of carboxylic acid groups (broad SMARTS) is 1. The number of rotatable bonds is 13. The third kappa shape index (κ3) is 8.89. The summed E-state index contributed by atoms with van der Waals surface area (Å²) in [5.41, 5.74) is 1.64. The third-order valence-electron chi connectivity index (χ3n) is 7.66. The molecule has 1 aromatic heterocycles. The Labute approximate surface area is 260 Å². The van der Waals surface area contributed by atoms with Gasteiger partial charge in [-0.15, -0.1) is 0 Å². The molecule has 10 nitrogen and oxygen atoms in total. The highest BCUT2D eigenvalue weighted by atomic mass is 79.9. The van der Waals surface area contributed by atoms with Crippen LogP contribution in [-0.2, 0) is 20.8 Å². The average molecular weight is 667 g/mol. The first-order chi connectivity index (χ1) is 19.9. The lowest BCUT2D eigenvalue weighted by Crippen LogP contribution is -2.59. The second-order valence-corrected chi connectivity index (χ2v) is 13.6. The fourth-order valence-corrected chi connectivity index (χ4v) is 6.77. The van der Waals surface area contributed by atoms with Gasteiger partial charge in [-0.25, -0.2) is 9.59 Å². The van der Waals surface area contributed by atoms with Gasteiger partial charge in [0.25, 0.3) is 0 Å². The summed E-state index contributed by atoms with van der Waals surface area (Å²) in [6.07, 6.45) is 3.35. The van der Waals surface area contributed by atoms with E-state index in [1.807, 2.05) is 58.9 Å². The lowest BCUT2D eigenvalue weighted by atomic mass is 9.97. The standard InChI is InChI=1S/C30H44BrN5O5S/c1-6-42-16-25(29(39)40)34-28(38)24(15-21-20-12-7-8-13-22(20)32-26(21)31)33-27(37)23(14-17(2)3)35-30(41)36-18(4)10-9-11-19(36)5/h7-8,12-13,17-19,23-25,32H,6,9-11,14-16H2,1-5H3,(H,33,37)(H,34,38)(H,35,41)(H,39,40)/t18-,19+,23?,24-,25?/m1/s1. The van der Waals surface area contributed by atoms with Gasteiger partial charge in [-0.2, -0.15) is 11.8 Å². The number of thioether (sulfide) groups is 1. The van der Waals surface area contributed by atoms with Crippen molar-refractivity contribution in [2.45, 2.75) is 96.9 Å². The van der Waals surface area contributed by atoms with Gasteiger partial charge in [-0.1, -0.05) is 39.0 Å². The number of hydrogen-bond donors (Lipinski definition) is 5. The predicted molar refractivity (Wildman–Crippen MR) is 171 cm³/mol. The summed E-state index contributed by atoms with van der Waals surface area (Å²) in [4.78, 5) is 57.7.